The summed E-state index contributed by atoms with van der Waals surface area (Å²) in [6.07, 6.45) is 8.87. The number of aliphatic imine (C=N–C) groups is 1. The van der Waals surface area contributed by atoms with E-state index in [1.54, 1.807) is 18.9 Å². The zero-order chi connectivity index (χ0) is 19.1. The minimum atomic E-state index is 0. The van der Waals surface area contributed by atoms with Crippen LogP contribution in [0.25, 0.3) is 0 Å². The first-order chi connectivity index (χ1) is 13.2. The molecular weight excluding hydrogens is 487 g/mol. The van der Waals surface area contributed by atoms with Crippen molar-refractivity contribution in [2.75, 3.05) is 25.2 Å². The molecule has 0 spiro atoms. The molecule has 0 aliphatic heterocycles. The first-order valence-electron chi connectivity index (χ1n) is 9.40. The Morgan fingerprint density at radius 1 is 1.36 bits per heavy atom. The second kappa shape index (κ2) is 11.5. The van der Waals surface area contributed by atoms with Gasteiger partial charge in [-0.3, -0.25) is 4.99 Å². The van der Waals surface area contributed by atoms with Crippen molar-refractivity contribution in [3.8, 4) is 5.75 Å². The quantitative estimate of drug-likeness (QED) is 0.181. The molecule has 0 unspecified atom stereocenters. The van der Waals surface area contributed by atoms with Crippen LogP contribution in [0.1, 0.15) is 44.0 Å². The molecule has 1 aliphatic rings. The van der Waals surface area contributed by atoms with Gasteiger partial charge in [-0.2, -0.15) is 0 Å². The highest BCUT2D eigenvalue weighted by atomic mass is 127. The molecule has 1 fully saturated rings. The van der Waals surface area contributed by atoms with Crippen molar-refractivity contribution in [2.45, 2.75) is 49.7 Å². The van der Waals surface area contributed by atoms with E-state index in [4.69, 9.17) is 10.5 Å². The summed E-state index contributed by atoms with van der Waals surface area (Å²) in [5.74, 6) is 2.26. The van der Waals surface area contributed by atoms with Gasteiger partial charge in [-0.15, -0.1) is 34.2 Å². The maximum Gasteiger partial charge on any atom is 0.193 e. The van der Waals surface area contributed by atoms with Gasteiger partial charge in [-0.05, 0) is 37.7 Å². The molecule has 28 heavy (non-hydrogen) atoms. The van der Waals surface area contributed by atoms with Crippen molar-refractivity contribution in [3.63, 3.8) is 0 Å². The Morgan fingerprint density at radius 3 is 2.86 bits per heavy atom. The maximum atomic E-state index is 5.99. The molecule has 3 rings (SSSR count). The first-order valence-corrected chi connectivity index (χ1v) is 10.6. The van der Waals surface area contributed by atoms with Gasteiger partial charge in [0.2, 0.25) is 0 Å². The van der Waals surface area contributed by atoms with Crippen LogP contribution >= 0.6 is 35.7 Å². The van der Waals surface area contributed by atoms with Gasteiger partial charge in [0.1, 0.15) is 11.6 Å². The number of ether oxygens (including phenoxy) is 1. The highest BCUT2D eigenvalue weighted by Gasteiger charge is 2.23. The maximum absolute atomic E-state index is 5.99. The normalized spacial score (nSPS) is 14.7. The lowest BCUT2D eigenvalue weighted by atomic mass is 10.2. The van der Waals surface area contributed by atoms with Crippen molar-refractivity contribution in [1.29, 1.82) is 0 Å². The van der Waals surface area contributed by atoms with Crippen molar-refractivity contribution in [1.82, 2.24) is 14.8 Å². The average Bonchev–Trinajstić information content (AvgIpc) is 3.34. The van der Waals surface area contributed by atoms with Crippen molar-refractivity contribution in [3.05, 3.63) is 30.1 Å². The Morgan fingerprint density at radius 2 is 2.14 bits per heavy atom. The number of hydrogen-bond acceptors (Lipinski definition) is 5. The number of hydrogen-bond donors (Lipinski definition) is 2. The molecule has 0 radical (unpaired) electrons. The van der Waals surface area contributed by atoms with E-state index in [0.717, 1.165) is 35.3 Å². The van der Waals surface area contributed by atoms with E-state index in [9.17, 15) is 0 Å². The lowest BCUT2D eigenvalue weighted by molar-refractivity contribution is 0.415. The third kappa shape index (κ3) is 6.00. The fourth-order valence-electron chi connectivity index (χ4n) is 3.47. The van der Waals surface area contributed by atoms with Gasteiger partial charge in [0, 0.05) is 30.8 Å². The summed E-state index contributed by atoms with van der Waals surface area (Å²) in [7, 11) is 1.64. The summed E-state index contributed by atoms with van der Waals surface area (Å²) in [6.45, 7) is 0.648. The predicted molar refractivity (Wildman–Crippen MR) is 126 cm³/mol. The topological polar surface area (TPSA) is 90.3 Å². The molecule has 0 bridgehead atoms. The predicted octanol–water partition coefficient (Wildman–Crippen LogP) is 4.10. The van der Waals surface area contributed by atoms with Crippen LogP contribution in [0.3, 0.4) is 0 Å². The van der Waals surface area contributed by atoms with Crippen LogP contribution in [0.4, 0.5) is 5.69 Å². The highest BCUT2D eigenvalue weighted by Crippen LogP contribution is 2.33. The number of halogens is 1. The molecule has 1 saturated carbocycles. The largest absolute Gasteiger partial charge is 0.497 e. The standard InChI is InChI=1S/C19H28N6OS.HI/c1-26-16-10-5-7-14(13-16)22-18(20)21-12-6-11-17-23-24-19(27-2)25(17)15-8-3-4-9-15;/h5,7,10,13,15H,3-4,6,8-9,11-12H2,1-2H3,(H3,20,21,22);1H. The summed E-state index contributed by atoms with van der Waals surface area (Å²) in [5, 5.41) is 12.9. The van der Waals surface area contributed by atoms with Gasteiger partial charge in [0.15, 0.2) is 11.1 Å². The van der Waals surface area contributed by atoms with Crippen LogP contribution in [0.15, 0.2) is 34.4 Å². The molecule has 9 heteroatoms. The minimum absolute atomic E-state index is 0. The summed E-state index contributed by atoms with van der Waals surface area (Å²) in [6, 6.07) is 8.17. The number of rotatable bonds is 8. The van der Waals surface area contributed by atoms with E-state index in [1.165, 1.54) is 25.7 Å². The third-order valence-corrected chi connectivity index (χ3v) is 5.43. The minimum Gasteiger partial charge on any atom is -0.497 e. The molecule has 2 aromatic rings. The van der Waals surface area contributed by atoms with E-state index in [1.807, 2.05) is 24.3 Å². The molecule has 0 amide bonds. The number of aryl methyl sites for hydroxylation is 1. The monoisotopic (exact) mass is 516 g/mol. The Hall–Kier alpha value is -1.49. The molecule has 1 aromatic carbocycles. The second-order valence-corrected chi connectivity index (χ2v) is 7.41. The Kier molecular flexibility index (Phi) is 9.36. The number of methoxy groups -OCH3 is 1. The number of guanidine groups is 1. The molecule has 0 atom stereocenters. The molecule has 1 aliphatic carbocycles. The van der Waals surface area contributed by atoms with Gasteiger partial charge in [-0.1, -0.05) is 30.7 Å². The van der Waals surface area contributed by atoms with Gasteiger partial charge in [0.05, 0.1) is 7.11 Å². The van der Waals surface area contributed by atoms with Crippen molar-refractivity contribution >= 4 is 47.4 Å². The van der Waals surface area contributed by atoms with Gasteiger partial charge in [-0.25, -0.2) is 0 Å². The lowest BCUT2D eigenvalue weighted by Crippen LogP contribution is -2.23. The molecular formula is C19H29IN6OS. The van der Waals surface area contributed by atoms with Gasteiger partial charge in [0.25, 0.3) is 0 Å². The SMILES string of the molecule is COc1cccc(NC(N)=NCCCc2nnc(SC)n2C2CCCC2)c1.I. The number of nitrogens with one attached hydrogen (secondary N) is 1. The third-order valence-electron chi connectivity index (χ3n) is 4.79. The van der Waals surface area contributed by atoms with Gasteiger partial charge >= 0.3 is 0 Å². The van der Waals surface area contributed by atoms with E-state index in [-0.39, 0.29) is 24.0 Å². The molecule has 3 N–H and O–H groups in total. The summed E-state index contributed by atoms with van der Waals surface area (Å²) in [4.78, 5) is 4.42. The average molecular weight is 516 g/mol. The Balaban J connectivity index is 0.00000280. The smallest absolute Gasteiger partial charge is 0.193 e. The lowest BCUT2D eigenvalue weighted by Gasteiger charge is -2.16. The van der Waals surface area contributed by atoms with Crippen LogP contribution in [0.2, 0.25) is 0 Å². The fraction of sp³-hybridized carbons (Fsp3) is 0.526. The molecule has 1 aromatic heterocycles. The zero-order valence-corrected chi connectivity index (χ0v) is 19.6. The summed E-state index contributed by atoms with van der Waals surface area (Å²) < 4.78 is 7.56. The van der Waals surface area contributed by atoms with E-state index in [2.05, 4.69) is 31.3 Å². The van der Waals surface area contributed by atoms with Crippen LogP contribution in [-0.4, -0.2) is 40.6 Å². The highest BCUT2D eigenvalue weighted by molar-refractivity contribution is 14.0. The van der Waals surface area contributed by atoms with E-state index in [0.29, 0.717) is 18.5 Å². The Labute approximate surface area is 187 Å². The second-order valence-electron chi connectivity index (χ2n) is 6.64. The molecule has 1 heterocycles. The number of nitrogens with zero attached hydrogens (tertiary/aromatic N) is 4. The van der Waals surface area contributed by atoms with Gasteiger partial charge < -0.3 is 20.4 Å². The van der Waals surface area contributed by atoms with Crippen LogP contribution in [0, 0.1) is 0 Å². The fourth-order valence-corrected chi connectivity index (χ4v) is 4.04. The number of thioether (sulfide) groups is 1. The van der Waals surface area contributed by atoms with Crippen LogP contribution < -0.4 is 15.8 Å². The van der Waals surface area contributed by atoms with Crippen LogP contribution in [-0.2, 0) is 6.42 Å². The van der Waals surface area contributed by atoms with E-state index >= 15 is 0 Å². The molecule has 0 saturated heterocycles. The molecule has 7 nitrogen and oxygen atoms in total. The Bertz CT molecular complexity index is 776. The number of anilines is 1. The number of nitrogens with two attached hydrogens (primary N) is 1. The first kappa shape index (κ1) is 22.8. The van der Waals surface area contributed by atoms with E-state index < -0.39 is 0 Å². The number of benzene rings is 1. The number of aromatic nitrogens is 3. The molecule has 154 valence electrons. The summed E-state index contributed by atoms with van der Waals surface area (Å²) in [5.41, 5.74) is 6.86. The zero-order valence-electron chi connectivity index (χ0n) is 16.4. The summed E-state index contributed by atoms with van der Waals surface area (Å²) >= 11 is 1.67. The van der Waals surface area contributed by atoms with Crippen molar-refractivity contribution < 1.29 is 4.74 Å². The van der Waals surface area contributed by atoms with Crippen molar-refractivity contribution in [2.24, 2.45) is 10.7 Å². The van der Waals surface area contributed by atoms with Crippen LogP contribution in [0.5, 0.6) is 5.75 Å².